The summed E-state index contributed by atoms with van der Waals surface area (Å²) in [5, 5.41) is 5.52. The summed E-state index contributed by atoms with van der Waals surface area (Å²) in [6.45, 7) is -0.122. The lowest BCUT2D eigenvalue weighted by Crippen LogP contribution is -2.47. The molecular formula is C29H30F2N4O4. The highest BCUT2D eigenvalue weighted by atomic mass is 19.1. The number of carbonyl (C=O) groups is 3. The number of methoxy groups -OCH3 is 1. The number of nitrogens with one attached hydrogen (secondary N) is 2. The van der Waals surface area contributed by atoms with E-state index in [0.717, 1.165) is 45.3 Å². The summed E-state index contributed by atoms with van der Waals surface area (Å²) < 4.78 is 34.1. The number of hydrogen-bond acceptors (Lipinski definition) is 6. The van der Waals surface area contributed by atoms with E-state index in [4.69, 9.17) is 0 Å². The molecule has 1 fully saturated rings. The molecule has 2 amide bonds. The third-order valence-corrected chi connectivity index (χ3v) is 6.96. The molecule has 1 atom stereocenters. The molecule has 0 saturated heterocycles. The Morgan fingerprint density at radius 3 is 2.46 bits per heavy atom. The van der Waals surface area contributed by atoms with E-state index in [-0.39, 0.29) is 34.4 Å². The highest BCUT2D eigenvalue weighted by Crippen LogP contribution is 2.29. The van der Waals surface area contributed by atoms with Crippen LogP contribution in [0.15, 0.2) is 55.1 Å². The predicted octanol–water partition coefficient (Wildman–Crippen LogP) is 4.59. The van der Waals surface area contributed by atoms with E-state index in [1.54, 1.807) is 6.07 Å². The van der Waals surface area contributed by atoms with Crippen LogP contribution in [0.5, 0.6) is 0 Å². The zero-order chi connectivity index (χ0) is 27.8. The summed E-state index contributed by atoms with van der Waals surface area (Å²) >= 11 is 0. The van der Waals surface area contributed by atoms with Gasteiger partial charge in [-0.3, -0.25) is 9.59 Å². The normalized spacial score (nSPS) is 14.3. The second-order valence-corrected chi connectivity index (χ2v) is 9.57. The lowest BCUT2D eigenvalue weighted by molar-refractivity contribution is -0.123. The standard InChI is InChI=1S/C29H30F2N4O4/c1-39-29(38)26-22(8-5-9-23(26)30)19-10-11-20(24(31)13-19)16-34-28(37)25(12-18-6-3-2-4-7-18)35-27(36)21-14-32-17-33-15-21/h5,8-11,13-15,17-18,25H,2-4,6-7,12,16H2,1H3,(H,34,37)(H,35,36). The zero-order valence-corrected chi connectivity index (χ0v) is 21.6. The van der Waals surface area contributed by atoms with Crippen molar-refractivity contribution in [1.82, 2.24) is 20.6 Å². The highest BCUT2D eigenvalue weighted by molar-refractivity contribution is 5.98. The van der Waals surface area contributed by atoms with E-state index in [1.165, 1.54) is 43.0 Å². The number of amides is 2. The average Bonchev–Trinajstić information content (AvgIpc) is 2.96. The number of benzene rings is 2. The number of nitrogens with zero attached hydrogens (tertiary/aromatic N) is 2. The first-order chi connectivity index (χ1) is 18.9. The smallest absolute Gasteiger partial charge is 0.341 e. The second-order valence-electron chi connectivity index (χ2n) is 9.57. The van der Waals surface area contributed by atoms with Gasteiger partial charge in [0.05, 0.1) is 12.7 Å². The topological polar surface area (TPSA) is 110 Å². The molecule has 2 N–H and O–H groups in total. The minimum absolute atomic E-state index is 0.122. The van der Waals surface area contributed by atoms with Crippen molar-refractivity contribution in [3.8, 4) is 11.1 Å². The molecule has 2 aromatic carbocycles. The van der Waals surface area contributed by atoms with Crippen LogP contribution >= 0.6 is 0 Å². The predicted molar refractivity (Wildman–Crippen MR) is 139 cm³/mol. The SMILES string of the molecule is COC(=O)c1c(F)cccc1-c1ccc(CNC(=O)C(CC2CCCCC2)NC(=O)c2cncnc2)c(F)c1. The maximum atomic E-state index is 15.1. The van der Waals surface area contributed by atoms with Crippen molar-refractivity contribution in [2.45, 2.75) is 51.1 Å². The Hall–Kier alpha value is -4.21. The third-order valence-electron chi connectivity index (χ3n) is 6.96. The fraction of sp³-hybridized carbons (Fsp3) is 0.345. The molecule has 0 bridgehead atoms. The quantitative estimate of drug-likeness (QED) is 0.387. The molecule has 39 heavy (non-hydrogen) atoms. The summed E-state index contributed by atoms with van der Waals surface area (Å²) in [6, 6.07) is 7.43. The fourth-order valence-electron chi connectivity index (χ4n) is 4.88. The van der Waals surface area contributed by atoms with Crippen LogP contribution < -0.4 is 10.6 Å². The highest BCUT2D eigenvalue weighted by Gasteiger charge is 2.27. The average molecular weight is 537 g/mol. The molecule has 1 saturated carbocycles. The number of ether oxygens (including phenoxy) is 1. The Bertz CT molecular complexity index is 1330. The first-order valence-corrected chi connectivity index (χ1v) is 12.9. The lowest BCUT2D eigenvalue weighted by atomic mass is 9.84. The molecule has 1 aromatic heterocycles. The molecular weight excluding hydrogens is 506 g/mol. The van der Waals surface area contributed by atoms with Crippen LogP contribution in [0.3, 0.4) is 0 Å². The Morgan fingerprint density at radius 2 is 1.77 bits per heavy atom. The number of aromatic nitrogens is 2. The van der Waals surface area contributed by atoms with Crippen molar-refractivity contribution < 1.29 is 27.9 Å². The first-order valence-electron chi connectivity index (χ1n) is 12.9. The summed E-state index contributed by atoms with van der Waals surface area (Å²) in [7, 11) is 1.14. The molecule has 3 aromatic rings. The van der Waals surface area contributed by atoms with E-state index < -0.39 is 35.5 Å². The number of rotatable bonds is 9. The van der Waals surface area contributed by atoms with Gasteiger partial charge in [0.25, 0.3) is 5.91 Å². The maximum absolute atomic E-state index is 15.1. The third kappa shape index (κ3) is 7.01. The first kappa shape index (κ1) is 27.8. The van der Waals surface area contributed by atoms with Crippen molar-refractivity contribution in [1.29, 1.82) is 0 Å². The molecule has 8 nitrogen and oxygen atoms in total. The summed E-state index contributed by atoms with van der Waals surface area (Å²) in [5.41, 5.74) is 0.628. The van der Waals surface area contributed by atoms with Crippen LogP contribution in [0.2, 0.25) is 0 Å². The summed E-state index contributed by atoms with van der Waals surface area (Å²) in [5.74, 6) is -2.86. The molecule has 0 spiro atoms. The van der Waals surface area contributed by atoms with E-state index in [2.05, 4.69) is 25.3 Å². The number of esters is 1. The van der Waals surface area contributed by atoms with Gasteiger partial charge in [-0.2, -0.15) is 0 Å². The van der Waals surface area contributed by atoms with Gasteiger partial charge in [-0.15, -0.1) is 0 Å². The Kier molecular flexibility index (Phi) is 9.30. The van der Waals surface area contributed by atoms with Gasteiger partial charge >= 0.3 is 5.97 Å². The van der Waals surface area contributed by atoms with Crippen LogP contribution in [-0.4, -0.2) is 40.9 Å². The van der Waals surface area contributed by atoms with Crippen LogP contribution in [0.1, 0.15) is 64.8 Å². The molecule has 1 aliphatic rings. The molecule has 204 valence electrons. The van der Waals surface area contributed by atoms with Crippen LogP contribution in [0.4, 0.5) is 8.78 Å². The van der Waals surface area contributed by atoms with Gasteiger partial charge in [0, 0.05) is 24.5 Å². The van der Waals surface area contributed by atoms with Gasteiger partial charge in [0.15, 0.2) is 0 Å². The molecule has 1 aliphatic carbocycles. The van der Waals surface area contributed by atoms with Gasteiger partial charge in [-0.1, -0.05) is 56.4 Å². The maximum Gasteiger partial charge on any atom is 0.341 e. The molecule has 1 unspecified atom stereocenters. The number of halogens is 2. The van der Waals surface area contributed by atoms with Crippen molar-refractivity contribution in [2.75, 3.05) is 7.11 Å². The Labute approximate surface area is 225 Å². The van der Waals surface area contributed by atoms with Crippen LogP contribution in [0.25, 0.3) is 11.1 Å². The minimum Gasteiger partial charge on any atom is -0.465 e. The summed E-state index contributed by atoms with van der Waals surface area (Å²) in [6.07, 6.45) is 9.83. The minimum atomic E-state index is -0.868. The summed E-state index contributed by atoms with van der Waals surface area (Å²) in [4.78, 5) is 45.7. The molecule has 0 radical (unpaired) electrons. The lowest BCUT2D eigenvalue weighted by Gasteiger charge is -2.26. The van der Waals surface area contributed by atoms with Gasteiger partial charge in [0.2, 0.25) is 5.91 Å². The second kappa shape index (κ2) is 13.0. The van der Waals surface area contributed by atoms with Crippen molar-refractivity contribution in [3.05, 3.63) is 83.4 Å². The van der Waals surface area contributed by atoms with Crippen molar-refractivity contribution in [3.63, 3.8) is 0 Å². The van der Waals surface area contributed by atoms with Crippen LogP contribution in [-0.2, 0) is 16.1 Å². The van der Waals surface area contributed by atoms with Crippen LogP contribution in [0, 0.1) is 17.6 Å². The molecule has 10 heteroatoms. The monoisotopic (exact) mass is 536 g/mol. The van der Waals surface area contributed by atoms with Crippen molar-refractivity contribution in [2.24, 2.45) is 5.92 Å². The van der Waals surface area contributed by atoms with Gasteiger partial charge in [0.1, 0.15) is 29.6 Å². The Morgan fingerprint density at radius 1 is 1.03 bits per heavy atom. The number of carbonyl (C=O) groups excluding carboxylic acids is 3. The zero-order valence-electron chi connectivity index (χ0n) is 21.6. The van der Waals surface area contributed by atoms with E-state index in [9.17, 15) is 18.8 Å². The number of hydrogen-bond donors (Lipinski definition) is 2. The molecule has 1 heterocycles. The fourth-order valence-corrected chi connectivity index (χ4v) is 4.88. The largest absolute Gasteiger partial charge is 0.465 e. The molecule has 4 rings (SSSR count). The van der Waals surface area contributed by atoms with Gasteiger partial charge in [-0.25, -0.2) is 23.5 Å². The van der Waals surface area contributed by atoms with Crippen molar-refractivity contribution >= 4 is 17.8 Å². The van der Waals surface area contributed by atoms with E-state index >= 15 is 4.39 Å². The van der Waals surface area contributed by atoms with Gasteiger partial charge in [-0.05, 0) is 35.6 Å². The van der Waals surface area contributed by atoms with E-state index in [0.29, 0.717) is 12.3 Å². The Balaban J connectivity index is 1.48. The molecule has 0 aliphatic heterocycles. The van der Waals surface area contributed by atoms with E-state index in [1.807, 2.05) is 0 Å². The van der Waals surface area contributed by atoms with Gasteiger partial charge < -0.3 is 15.4 Å².